The standard InChI is InChI=1S/C13H22F3N3O2/c1-12(2,3)21-11(20)19-8-7-18-10(9-19)17-6-4-5-13(14,15)16/h4-9H2,1-3H3,(H,17,18). The first-order valence-corrected chi connectivity index (χ1v) is 6.89. The number of hydrogen-bond acceptors (Lipinski definition) is 4. The topological polar surface area (TPSA) is 53.9 Å². The zero-order valence-electron chi connectivity index (χ0n) is 12.6. The minimum Gasteiger partial charge on any atom is -0.444 e. The Morgan fingerprint density at radius 2 is 2.05 bits per heavy atom. The molecule has 0 aromatic rings. The molecule has 1 N–H and O–H groups in total. The molecule has 5 nitrogen and oxygen atoms in total. The van der Waals surface area contributed by atoms with Crippen LogP contribution in [0.3, 0.4) is 0 Å². The second-order valence-electron chi connectivity index (χ2n) is 5.88. The monoisotopic (exact) mass is 309 g/mol. The van der Waals surface area contributed by atoms with E-state index in [9.17, 15) is 18.0 Å². The number of halogens is 3. The van der Waals surface area contributed by atoms with Crippen LogP contribution in [0.25, 0.3) is 0 Å². The zero-order chi connectivity index (χ0) is 16.1. The third-order valence-corrected chi connectivity index (χ3v) is 2.63. The summed E-state index contributed by atoms with van der Waals surface area (Å²) in [5.41, 5.74) is -0.577. The van der Waals surface area contributed by atoms with Gasteiger partial charge in [0.05, 0.1) is 13.1 Å². The van der Waals surface area contributed by atoms with Crippen molar-refractivity contribution in [3.63, 3.8) is 0 Å². The van der Waals surface area contributed by atoms with Gasteiger partial charge in [0.25, 0.3) is 0 Å². The minimum atomic E-state index is -4.14. The van der Waals surface area contributed by atoms with Crippen LogP contribution in [-0.4, -0.2) is 54.8 Å². The summed E-state index contributed by atoms with van der Waals surface area (Å²) in [6, 6.07) is 0. The molecule has 0 bridgehead atoms. The summed E-state index contributed by atoms with van der Waals surface area (Å²) in [4.78, 5) is 17.6. The largest absolute Gasteiger partial charge is 0.444 e. The average Bonchev–Trinajstić information content (AvgIpc) is 2.32. The van der Waals surface area contributed by atoms with Crippen molar-refractivity contribution in [2.45, 2.75) is 45.4 Å². The number of aliphatic imine (C=N–C) groups is 1. The van der Waals surface area contributed by atoms with Crippen molar-refractivity contribution in [2.75, 3.05) is 26.2 Å². The van der Waals surface area contributed by atoms with Gasteiger partial charge >= 0.3 is 12.3 Å². The summed E-state index contributed by atoms with van der Waals surface area (Å²) in [5, 5.41) is 2.84. The van der Waals surface area contributed by atoms with E-state index in [1.54, 1.807) is 20.8 Å². The van der Waals surface area contributed by atoms with Gasteiger partial charge < -0.3 is 10.1 Å². The van der Waals surface area contributed by atoms with Gasteiger partial charge in [-0.1, -0.05) is 0 Å². The molecule has 1 amide bonds. The highest BCUT2D eigenvalue weighted by Gasteiger charge is 2.27. The first-order valence-electron chi connectivity index (χ1n) is 6.89. The Kier molecular flexibility index (Phi) is 5.86. The van der Waals surface area contributed by atoms with Crippen LogP contribution in [0, 0.1) is 0 Å². The van der Waals surface area contributed by atoms with E-state index >= 15 is 0 Å². The van der Waals surface area contributed by atoms with Gasteiger partial charge in [-0.25, -0.2) is 4.79 Å². The van der Waals surface area contributed by atoms with Gasteiger partial charge in [-0.15, -0.1) is 0 Å². The highest BCUT2D eigenvalue weighted by molar-refractivity contribution is 5.87. The molecule has 0 saturated heterocycles. The Morgan fingerprint density at radius 1 is 1.38 bits per heavy atom. The summed E-state index contributed by atoms with van der Waals surface area (Å²) in [6.07, 6.45) is -5.43. The number of carbonyl (C=O) groups excluding carboxylic acids is 1. The number of nitrogens with one attached hydrogen (secondary N) is 1. The Labute approximate surface area is 122 Å². The average molecular weight is 309 g/mol. The van der Waals surface area contributed by atoms with Crippen LogP contribution in [0.1, 0.15) is 33.6 Å². The lowest BCUT2D eigenvalue weighted by Gasteiger charge is -2.30. The molecule has 0 unspecified atom stereocenters. The lowest BCUT2D eigenvalue weighted by molar-refractivity contribution is -0.135. The number of ether oxygens (including phenoxy) is 1. The summed E-state index contributed by atoms with van der Waals surface area (Å²) in [5.74, 6) is 0.522. The van der Waals surface area contributed by atoms with E-state index in [1.165, 1.54) is 4.90 Å². The first kappa shape index (κ1) is 17.6. The first-order chi connectivity index (χ1) is 9.57. The van der Waals surface area contributed by atoms with Crippen molar-refractivity contribution in [1.82, 2.24) is 10.2 Å². The van der Waals surface area contributed by atoms with Gasteiger partial charge in [0, 0.05) is 19.5 Å². The van der Waals surface area contributed by atoms with Crippen LogP contribution < -0.4 is 5.32 Å². The maximum atomic E-state index is 12.0. The van der Waals surface area contributed by atoms with Gasteiger partial charge in [-0.3, -0.25) is 9.89 Å². The normalized spacial score (nSPS) is 16.5. The van der Waals surface area contributed by atoms with E-state index in [0.29, 0.717) is 18.9 Å². The minimum absolute atomic E-state index is 0.0189. The van der Waals surface area contributed by atoms with Crippen molar-refractivity contribution in [1.29, 1.82) is 0 Å². The van der Waals surface area contributed by atoms with Gasteiger partial charge in [0.2, 0.25) is 0 Å². The summed E-state index contributed by atoms with van der Waals surface area (Å²) in [7, 11) is 0. The van der Waals surface area contributed by atoms with E-state index in [2.05, 4.69) is 10.3 Å². The SMILES string of the molecule is CC(C)(C)OC(=O)N1CCN=C(NCCCC(F)(F)F)C1. The third-order valence-electron chi connectivity index (χ3n) is 2.63. The zero-order valence-corrected chi connectivity index (χ0v) is 12.6. The Morgan fingerprint density at radius 3 is 2.62 bits per heavy atom. The van der Waals surface area contributed by atoms with Crippen LogP contribution in [0.4, 0.5) is 18.0 Å². The number of rotatable bonds is 3. The molecule has 1 rings (SSSR count). The molecule has 0 aromatic carbocycles. The number of amidine groups is 1. The van der Waals surface area contributed by atoms with E-state index in [0.717, 1.165) is 0 Å². The summed E-state index contributed by atoms with van der Waals surface area (Å²) >= 11 is 0. The molecular formula is C13H22F3N3O2. The van der Waals surface area contributed by atoms with Gasteiger partial charge in [-0.2, -0.15) is 13.2 Å². The second kappa shape index (κ2) is 7.00. The highest BCUT2D eigenvalue weighted by atomic mass is 19.4. The molecule has 1 aliphatic heterocycles. The number of nitrogens with zero attached hydrogens (tertiary/aromatic N) is 2. The predicted molar refractivity (Wildman–Crippen MR) is 73.4 cm³/mol. The van der Waals surface area contributed by atoms with Crippen LogP contribution in [0.2, 0.25) is 0 Å². The van der Waals surface area contributed by atoms with Crippen LogP contribution in [0.15, 0.2) is 4.99 Å². The lowest BCUT2D eigenvalue weighted by Crippen LogP contribution is -2.47. The summed E-state index contributed by atoms with van der Waals surface area (Å²) < 4.78 is 41.3. The molecule has 122 valence electrons. The number of amides is 1. The molecular weight excluding hydrogens is 287 g/mol. The fraction of sp³-hybridized carbons (Fsp3) is 0.846. The lowest BCUT2D eigenvalue weighted by atomic mass is 10.2. The number of alkyl halides is 3. The van der Waals surface area contributed by atoms with Gasteiger partial charge in [-0.05, 0) is 27.2 Å². The molecule has 1 heterocycles. The fourth-order valence-electron chi connectivity index (χ4n) is 1.73. The highest BCUT2D eigenvalue weighted by Crippen LogP contribution is 2.20. The summed E-state index contributed by atoms with van der Waals surface area (Å²) in [6.45, 7) is 6.61. The van der Waals surface area contributed by atoms with Gasteiger partial charge in [0.15, 0.2) is 0 Å². The van der Waals surface area contributed by atoms with E-state index < -0.39 is 24.3 Å². The van der Waals surface area contributed by atoms with Crippen LogP contribution >= 0.6 is 0 Å². The maximum Gasteiger partial charge on any atom is 0.410 e. The van der Waals surface area contributed by atoms with Crippen molar-refractivity contribution in [3.8, 4) is 0 Å². The second-order valence-corrected chi connectivity index (χ2v) is 5.88. The van der Waals surface area contributed by atoms with Crippen molar-refractivity contribution < 1.29 is 22.7 Å². The molecule has 0 saturated carbocycles. The molecule has 0 radical (unpaired) electrons. The van der Waals surface area contributed by atoms with E-state index in [-0.39, 0.29) is 19.5 Å². The molecule has 8 heteroatoms. The predicted octanol–water partition coefficient (Wildman–Crippen LogP) is 2.57. The maximum absolute atomic E-state index is 12.0. The molecule has 21 heavy (non-hydrogen) atoms. The Hall–Kier alpha value is -1.47. The molecule has 0 atom stereocenters. The van der Waals surface area contributed by atoms with E-state index in [4.69, 9.17) is 4.74 Å². The number of hydrogen-bond donors (Lipinski definition) is 1. The molecule has 0 fully saturated rings. The van der Waals surface area contributed by atoms with E-state index in [1.807, 2.05) is 0 Å². The van der Waals surface area contributed by atoms with Crippen LogP contribution in [0.5, 0.6) is 0 Å². The van der Waals surface area contributed by atoms with Crippen molar-refractivity contribution in [3.05, 3.63) is 0 Å². The van der Waals surface area contributed by atoms with Crippen LogP contribution in [-0.2, 0) is 4.74 Å². The third kappa shape index (κ3) is 7.77. The molecule has 0 aliphatic carbocycles. The quantitative estimate of drug-likeness (QED) is 0.815. The number of carbonyl (C=O) groups is 1. The molecule has 0 spiro atoms. The Balaban J connectivity index is 2.35. The van der Waals surface area contributed by atoms with Crippen molar-refractivity contribution >= 4 is 11.9 Å². The smallest absolute Gasteiger partial charge is 0.410 e. The van der Waals surface area contributed by atoms with Gasteiger partial charge in [0.1, 0.15) is 11.4 Å². The fourth-order valence-corrected chi connectivity index (χ4v) is 1.73. The molecule has 1 aliphatic rings. The molecule has 0 aromatic heterocycles. The van der Waals surface area contributed by atoms with Crippen molar-refractivity contribution in [2.24, 2.45) is 4.99 Å². The Bertz CT molecular complexity index is 389.